The van der Waals surface area contributed by atoms with Gasteiger partial charge in [-0.1, -0.05) is 0 Å². The normalized spacial score (nSPS) is 18.1. The summed E-state index contributed by atoms with van der Waals surface area (Å²) in [7, 11) is 0. The first kappa shape index (κ1) is 8.36. The largest absolute Gasteiger partial charge is 0.406 e. The number of alkyl halides is 3. The van der Waals surface area contributed by atoms with E-state index in [2.05, 4.69) is 0 Å². The molecule has 2 nitrogen and oxygen atoms in total. The fraction of sp³-hybridized carbons (Fsp3) is 0.833. The standard InChI is InChI=1S/C6H8F3NO/c7-6(8,9)3-10(4-11)5-1-2-5/h4-5H,1-3H2. The van der Waals surface area contributed by atoms with Gasteiger partial charge in [0, 0.05) is 6.04 Å². The Labute approximate surface area is 62.0 Å². The van der Waals surface area contributed by atoms with Crippen molar-refractivity contribution in [2.75, 3.05) is 6.54 Å². The molecule has 0 aliphatic heterocycles. The quantitative estimate of drug-likeness (QED) is 0.578. The van der Waals surface area contributed by atoms with Gasteiger partial charge in [-0.3, -0.25) is 4.79 Å². The highest BCUT2D eigenvalue weighted by Gasteiger charge is 2.37. The Balaban J connectivity index is 2.37. The van der Waals surface area contributed by atoms with Gasteiger partial charge < -0.3 is 4.90 Å². The Morgan fingerprint density at radius 3 is 2.27 bits per heavy atom. The van der Waals surface area contributed by atoms with Crippen molar-refractivity contribution in [1.29, 1.82) is 0 Å². The molecule has 0 saturated heterocycles. The van der Waals surface area contributed by atoms with Crippen LogP contribution in [-0.2, 0) is 4.79 Å². The minimum Gasteiger partial charge on any atom is -0.333 e. The van der Waals surface area contributed by atoms with Crippen molar-refractivity contribution in [2.45, 2.75) is 25.1 Å². The van der Waals surface area contributed by atoms with E-state index in [-0.39, 0.29) is 12.5 Å². The third-order valence-electron chi connectivity index (χ3n) is 1.51. The fourth-order valence-corrected chi connectivity index (χ4v) is 0.866. The molecular weight excluding hydrogens is 159 g/mol. The summed E-state index contributed by atoms with van der Waals surface area (Å²) in [5.41, 5.74) is 0. The Morgan fingerprint density at radius 1 is 1.45 bits per heavy atom. The average molecular weight is 167 g/mol. The molecule has 5 heteroatoms. The number of rotatable bonds is 3. The van der Waals surface area contributed by atoms with Gasteiger partial charge in [0.1, 0.15) is 6.54 Å². The number of carbonyl (C=O) groups is 1. The molecular formula is C6H8F3NO. The monoisotopic (exact) mass is 167 g/mol. The van der Waals surface area contributed by atoms with Crippen LogP contribution < -0.4 is 0 Å². The molecule has 0 N–H and O–H groups in total. The highest BCUT2D eigenvalue weighted by atomic mass is 19.4. The lowest BCUT2D eigenvalue weighted by Gasteiger charge is -2.17. The molecule has 1 fully saturated rings. The second kappa shape index (κ2) is 2.71. The van der Waals surface area contributed by atoms with Crippen LogP contribution >= 0.6 is 0 Å². The minimum atomic E-state index is -4.26. The van der Waals surface area contributed by atoms with E-state index in [1.165, 1.54) is 0 Å². The minimum absolute atomic E-state index is 0.158. The highest BCUT2D eigenvalue weighted by Crippen LogP contribution is 2.28. The maximum atomic E-state index is 11.7. The first-order valence-electron chi connectivity index (χ1n) is 3.31. The molecule has 1 saturated carbocycles. The zero-order valence-corrected chi connectivity index (χ0v) is 5.77. The molecule has 0 bridgehead atoms. The Bertz CT molecular complexity index is 152. The van der Waals surface area contributed by atoms with E-state index in [0.717, 1.165) is 4.90 Å². The van der Waals surface area contributed by atoms with Gasteiger partial charge in [0.05, 0.1) is 0 Å². The van der Waals surface area contributed by atoms with Crippen LogP contribution in [0.1, 0.15) is 12.8 Å². The molecule has 64 valence electrons. The van der Waals surface area contributed by atoms with Crippen molar-refractivity contribution in [3.05, 3.63) is 0 Å². The Morgan fingerprint density at radius 2 is 2.00 bits per heavy atom. The second-order valence-electron chi connectivity index (χ2n) is 2.62. The number of nitrogens with zero attached hydrogens (tertiary/aromatic N) is 1. The third-order valence-corrected chi connectivity index (χ3v) is 1.51. The average Bonchev–Trinajstić information content (AvgIpc) is 2.61. The summed E-state index contributed by atoms with van der Waals surface area (Å²) < 4.78 is 35.0. The molecule has 1 aliphatic carbocycles. The van der Waals surface area contributed by atoms with Gasteiger partial charge in [0.25, 0.3) is 0 Å². The molecule has 1 amide bonds. The van der Waals surface area contributed by atoms with E-state index >= 15 is 0 Å². The predicted octanol–water partition coefficient (Wildman–Crippen LogP) is 1.17. The van der Waals surface area contributed by atoms with E-state index in [9.17, 15) is 18.0 Å². The summed E-state index contributed by atoms with van der Waals surface area (Å²) in [5.74, 6) is 0. The predicted molar refractivity (Wildman–Crippen MR) is 31.8 cm³/mol. The second-order valence-corrected chi connectivity index (χ2v) is 2.62. The van der Waals surface area contributed by atoms with E-state index in [4.69, 9.17) is 0 Å². The van der Waals surface area contributed by atoms with E-state index in [0.29, 0.717) is 12.8 Å². The molecule has 0 spiro atoms. The number of hydrogen-bond acceptors (Lipinski definition) is 1. The van der Waals surface area contributed by atoms with Crippen LogP contribution in [-0.4, -0.2) is 30.1 Å². The van der Waals surface area contributed by atoms with Crippen molar-refractivity contribution in [2.24, 2.45) is 0 Å². The molecule has 0 heterocycles. The van der Waals surface area contributed by atoms with Crippen LogP contribution in [0.25, 0.3) is 0 Å². The number of halogens is 3. The number of hydrogen-bond donors (Lipinski definition) is 0. The maximum absolute atomic E-state index is 11.7. The number of carbonyl (C=O) groups excluding carboxylic acids is 1. The molecule has 0 radical (unpaired) electrons. The first-order valence-corrected chi connectivity index (χ1v) is 3.31. The van der Waals surface area contributed by atoms with Crippen LogP contribution in [0.4, 0.5) is 13.2 Å². The van der Waals surface area contributed by atoms with Crippen LogP contribution in [0.2, 0.25) is 0 Å². The van der Waals surface area contributed by atoms with Gasteiger partial charge in [-0.2, -0.15) is 13.2 Å². The Kier molecular flexibility index (Phi) is 2.06. The topological polar surface area (TPSA) is 20.3 Å². The van der Waals surface area contributed by atoms with Gasteiger partial charge in [0.15, 0.2) is 0 Å². The summed E-state index contributed by atoms with van der Waals surface area (Å²) in [6.45, 7) is -1.11. The zero-order chi connectivity index (χ0) is 8.48. The zero-order valence-electron chi connectivity index (χ0n) is 5.77. The lowest BCUT2D eigenvalue weighted by molar-refractivity contribution is -0.155. The first-order chi connectivity index (χ1) is 5.03. The lowest BCUT2D eigenvalue weighted by Crippen LogP contribution is -2.34. The summed E-state index contributed by atoms with van der Waals surface area (Å²) in [6, 6.07) is -0.158. The van der Waals surface area contributed by atoms with Gasteiger partial charge in [-0.05, 0) is 12.8 Å². The van der Waals surface area contributed by atoms with Gasteiger partial charge in [-0.15, -0.1) is 0 Å². The van der Waals surface area contributed by atoms with Gasteiger partial charge >= 0.3 is 6.18 Å². The van der Waals surface area contributed by atoms with Crippen molar-refractivity contribution < 1.29 is 18.0 Å². The van der Waals surface area contributed by atoms with Gasteiger partial charge in [-0.25, -0.2) is 0 Å². The van der Waals surface area contributed by atoms with Crippen LogP contribution in [0.5, 0.6) is 0 Å². The number of amides is 1. The summed E-state index contributed by atoms with van der Waals surface area (Å²) in [6.07, 6.45) is -2.59. The highest BCUT2D eigenvalue weighted by molar-refractivity contribution is 5.48. The molecule has 0 aromatic rings. The summed E-state index contributed by atoms with van der Waals surface area (Å²) in [5, 5.41) is 0. The van der Waals surface area contributed by atoms with E-state index < -0.39 is 12.7 Å². The molecule has 0 aromatic heterocycles. The molecule has 11 heavy (non-hydrogen) atoms. The summed E-state index contributed by atoms with van der Waals surface area (Å²) >= 11 is 0. The molecule has 1 rings (SSSR count). The van der Waals surface area contributed by atoms with Crippen molar-refractivity contribution in [3.8, 4) is 0 Å². The van der Waals surface area contributed by atoms with E-state index in [1.54, 1.807) is 0 Å². The van der Waals surface area contributed by atoms with Crippen molar-refractivity contribution >= 4 is 6.41 Å². The van der Waals surface area contributed by atoms with Crippen LogP contribution in [0.3, 0.4) is 0 Å². The molecule has 0 atom stereocenters. The fourth-order valence-electron chi connectivity index (χ4n) is 0.866. The SMILES string of the molecule is O=CN(CC(F)(F)F)C1CC1. The third kappa shape index (κ3) is 2.78. The molecule has 0 aromatic carbocycles. The van der Waals surface area contributed by atoms with Crippen LogP contribution in [0, 0.1) is 0 Å². The summed E-state index contributed by atoms with van der Waals surface area (Å²) in [4.78, 5) is 10.9. The van der Waals surface area contributed by atoms with Crippen molar-refractivity contribution in [1.82, 2.24) is 4.90 Å². The van der Waals surface area contributed by atoms with Crippen LogP contribution in [0.15, 0.2) is 0 Å². The lowest BCUT2D eigenvalue weighted by atomic mass is 10.5. The molecule has 1 aliphatic rings. The maximum Gasteiger partial charge on any atom is 0.406 e. The Hall–Kier alpha value is -0.740. The van der Waals surface area contributed by atoms with Crippen molar-refractivity contribution in [3.63, 3.8) is 0 Å². The molecule has 0 unspecified atom stereocenters. The smallest absolute Gasteiger partial charge is 0.333 e. The van der Waals surface area contributed by atoms with Gasteiger partial charge in [0.2, 0.25) is 6.41 Å². The van der Waals surface area contributed by atoms with E-state index in [1.807, 2.05) is 0 Å².